The van der Waals surface area contributed by atoms with E-state index in [0.29, 0.717) is 5.92 Å². The zero-order valence-corrected chi connectivity index (χ0v) is 10.9. The van der Waals surface area contributed by atoms with Crippen molar-refractivity contribution in [3.05, 3.63) is 33.4 Å². The molecule has 0 unspecified atom stereocenters. The van der Waals surface area contributed by atoms with Gasteiger partial charge in [-0.2, -0.15) is 0 Å². The predicted molar refractivity (Wildman–Crippen MR) is 71.7 cm³/mol. The SMILES string of the molecule is N[C@@H](c1ccccc1I)C1CCNCC1. The molecule has 3 N–H and O–H groups in total. The van der Waals surface area contributed by atoms with Crippen LogP contribution in [-0.2, 0) is 0 Å². The Labute approximate surface area is 105 Å². The summed E-state index contributed by atoms with van der Waals surface area (Å²) in [6.45, 7) is 2.23. The zero-order chi connectivity index (χ0) is 10.7. The van der Waals surface area contributed by atoms with Crippen LogP contribution in [0.25, 0.3) is 0 Å². The summed E-state index contributed by atoms with van der Waals surface area (Å²) in [7, 11) is 0. The van der Waals surface area contributed by atoms with Gasteiger partial charge in [-0.3, -0.25) is 0 Å². The summed E-state index contributed by atoms with van der Waals surface area (Å²) in [6, 6.07) is 8.66. The number of piperidine rings is 1. The van der Waals surface area contributed by atoms with Gasteiger partial charge in [0.2, 0.25) is 0 Å². The summed E-state index contributed by atoms with van der Waals surface area (Å²) in [5, 5.41) is 3.38. The molecule has 0 bridgehead atoms. The van der Waals surface area contributed by atoms with Crippen molar-refractivity contribution in [1.82, 2.24) is 5.32 Å². The Morgan fingerprint density at radius 2 is 1.93 bits per heavy atom. The molecule has 15 heavy (non-hydrogen) atoms. The highest BCUT2D eigenvalue weighted by Gasteiger charge is 2.22. The Hall–Kier alpha value is -0.130. The van der Waals surface area contributed by atoms with E-state index in [-0.39, 0.29) is 6.04 Å². The normalized spacial score (nSPS) is 20.1. The summed E-state index contributed by atoms with van der Waals surface area (Å²) in [4.78, 5) is 0. The highest BCUT2D eigenvalue weighted by atomic mass is 127. The molecule has 3 heteroatoms. The van der Waals surface area contributed by atoms with E-state index in [4.69, 9.17) is 5.73 Å². The van der Waals surface area contributed by atoms with Crippen LogP contribution in [0, 0.1) is 9.49 Å². The van der Waals surface area contributed by atoms with Gasteiger partial charge in [0.25, 0.3) is 0 Å². The summed E-state index contributed by atoms with van der Waals surface area (Å²) in [6.07, 6.45) is 2.40. The Morgan fingerprint density at radius 3 is 2.60 bits per heavy atom. The van der Waals surface area contributed by atoms with Gasteiger partial charge in [0.1, 0.15) is 0 Å². The van der Waals surface area contributed by atoms with Crippen molar-refractivity contribution in [2.24, 2.45) is 11.7 Å². The van der Waals surface area contributed by atoms with Crippen molar-refractivity contribution in [3.8, 4) is 0 Å². The van der Waals surface area contributed by atoms with Crippen LogP contribution in [0.2, 0.25) is 0 Å². The molecule has 1 aliphatic heterocycles. The lowest BCUT2D eigenvalue weighted by molar-refractivity contribution is 0.321. The fourth-order valence-corrected chi connectivity index (χ4v) is 2.95. The Bertz CT molecular complexity index is 321. The number of hydrogen-bond donors (Lipinski definition) is 2. The molecule has 1 heterocycles. The molecule has 1 saturated heterocycles. The number of benzene rings is 1. The summed E-state index contributed by atoms with van der Waals surface area (Å²) in [5.74, 6) is 0.641. The van der Waals surface area contributed by atoms with Gasteiger partial charge in [-0.05, 0) is 66.1 Å². The fourth-order valence-electron chi connectivity index (χ4n) is 2.20. The molecule has 0 spiro atoms. The van der Waals surface area contributed by atoms with Crippen LogP contribution < -0.4 is 11.1 Å². The molecule has 2 rings (SSSR count). The second-order valence-electron chi connectivity index (χ2n) is 4.13. The van der Waals surface area contributed by atoms with Crippen molar-refractivity contribution in [2.45, 2.75) is 18.9 Å². The lowest BCUT2D eigenvalue weighted by atomic mass is 9.87. The monoisotopic (exact) mass is 316 g/mol. The quantitative estimate of drug-likeness (QED) is 0.822. The molecule has 0 saturated carbocycles. The molecule has 0 radical (unpaired) electrons. The summed E-state index contributed by atoms with van der Waals surface area (Å²) in [5.41, 5.74) is 7.65. The first-order chi connectivity index (χ1) is 7.29. The van der Waals surface area contributed by atoms with E-state index in [9.17, 15) is 0 Å². The molecule has 2 nitrogen and oxygen atoms in total. The third-order valence-electron chi connectivity index (χ3n) is 3.16. The smallest absolute Gasteiger partial charge is 0.0335 e. The van der Waals surface area contributed by atoms with E-state index in [1.807, 2.05) is 0 Å². The lowest BCUT2D eigenvalue weighted by Crippen LogP contribution is -2.34. The third-order valence-corrected chi connectivity index (χ3v) is 4.14. The van der Waals surface area contributed by atoms with Crippen molar-refractivity contribution in [2.75, 3.05) is 13.1 Å². The average molecular weight is 316 g/mol. The number of hydrogen-bond acceptors (Lipinski definition) is 2. The highest BCUT2D eigenvalue weighted by molar-refractivity contribution is 14.1. The van der Waals surface area contributed by atoms with Crippen LogP contribution >= 0.6 is 22.6 Å². The molecule has 1 aliphatic rings. The number of nitrogens with two attached hydrogens (primary N) is 1. The number of nitrogens with one attached hydrogen (secondary N) is 1. The van der Waals surface area contributed by atoms with Crippen LogP contribution in [0.15, 0.2) is 24.3 Å². The van der Waals surface area contributed by atoms with Crippen LogP contribution in [-0.4, -0.2) is 13.1 Å². The standard InChI is InChI=1S/C12H17IN2/c13-11-4-2-1-3-10(11)12(14)9-5-7-15-8-6-9/h1-4,9,12,15H,5-8,14H2/t12-/m1/s1. The van der Waals surface area contributed by atoms with Gasteiger partial charge in [-0.1, -0.05) is 18.2 Å². The average Bonchev–Trinajstić information content (AvgIpc) is 2.30. The van der Waals surface area contributed by atoms with Gasteiger partial charge in [-0.15, -0.1) is 0 Å². The minimum atomic E-state index is 0.209. The van der Waals surface area contributed by atoms with Gasteiger partial charge in [0, 0.05) is 9.61 Å². The van der Waals surface area contributed by atoms with Crippen LogP contribution in [0.3, 0.4) is 0 Å². The van der Waals surface area contributed by atoms with Gasteiger partial charge in [-0.25, -0.2) is 0 Å². The van der Waals surface area contributed by atoms with E-state index in [2.05, 4.69) is 52.2 Å². The molecule has 0 aliphatic carbocycles. The molecule has 0 aromatic heterocycles. The zero-order valence-electron chi connectivity index (χ0n) is 8.75. The second kappa shape index (κ2) is 5.27. The molecule has 1 aromatic carbocycles. The van der Waals surface area contributed by atoms with Crippen molar-refractivity contribution < 1.29 is 0 Å². The topological polar surface area (TPSA) is 38.0 Å². The van der Waals surface area contributed by atoms with Gasteiger partial charge in [0.15, 0.2) is 0 Å². The van der Waals surface area contributed by atoms with Gasteiger partial charge >= 0.3 is 0 Å². The van der Waals surface area contributed by atoms with E-state index < -0.39 is 0 Å². The van der Waals surface area contributed by atoms with Gasteiger partial charge in [0.05, 0.1) is 0 Å². The molecular weight excluding hydrogens is 299 g/mol. The summed E-state index contributed by atoms with van der Waals surface area (Å²) < 4.78 is 1.29. The number of halogens is 1. The lowest BCUT2D eigenvalue weighted by Gasteiger charge is -2.28. The van der Waals surface area contributed by atoms with Gasteiger partial charge < -0.3 is 11.1 Å². The maximum atomic E-state index is 6.34. The van der Waals surface area contributed by atoms with Crippen molar-refractivity contribution in [3.63, 3.8) is 0 Å². The molecule has 82 valence electrons. The fraction of sp³-hybridized carbons (Fsp3) is 0.500. The van der Waals surface area contributed by atoms with E-state index in [1.165, 1.54) is 22.0 Å². The first-order valence-electron chi connectivity index (χ1n) is 5.50. The molecule has 1 atom stereocenters. The molecule has 1 aromatic rings. The van der Waals surface area contributed by atoms with E-state index >= 15 is 0 Å². The maximum absolute atomic E-state index is 6.34. The molecule has 0 amide bonds. The Balaban J connectivity index is 2.12. The third kappa shape index (κ3) is 2.71. The number of rotatable bonds is 2. The van der Waals surface area contributed by atoms with Crippen LogP contribution in [0.5, 0.6) is 0 Å². The van der Waals surface area contributed by atoms with Crippen molar-refractivity contribution >= 4 is 22.6 Å². The van der Waals surface area contributed by atoms with E-state index in [1.54, 1.807) is 0 Å². The Morgan fingerprint density at radius 1 is 1.27 bits per heavy atom. The van der Waals surface area contributed by atoms with Crippen LogP contribution in [0.1, 0.15) is 24.4 Å². The molecule has 1 fully saturated rings. The van der Waals surface area contributed by atoms with Crippen molar-refractivity contribution in [1.29, 1.82) is 0 Å². The first-order valence-corrected chi connectivity index (χ1v) is 6.57. The largest absolute Gasteiger partial charge is 0.324 e. The van der Waals surface area contributed by atoms with Crippen LogP contribution in [0.4, 0.5) is 0 Å². The first kappa shape index (κ1) is 11.4. The Kier molecular flexibility index (Phi) is 3.99. The summed E-state index contributed by atoms with van der Waals surface area (Å²) >= 11 is 2.38. The van der Waals surface area contributed by atoms with E-state index in [0.717, 1.165) is 13.1 Å². The minimum Gasteiger partial charge on any atom is -0.324 e. The predicted octanol–water partition coefficient (Wildman–Crippen LogP) is 2.29. The second-order valence-corrected chi connectivity index (χ2v) is 5.30. The maximum Gasteiger partial charge on any atom is 0.0335 e. The molecular formula is C12H17IN2. The minimum absolute atomic E-state index is 0.209. The highest BCUT2D eigenvalue weighted by Crippen LogP contribution is 2.29.